The van der Waals surface area contributed by atoms with Gasteiger partial charge >= 0.3 is 0 Å². The first-order valence-electron chi connectivity index (χ1n) is 6.34. The molecule has 0 saturated carbocycles. The molecule has 3 rings (SSSR count). The van der Waals surface area contributed by atoms with Crippen LogP contribution in [0.25, 0.3) is 10.9 Å². The zero-order valence-corrected chi connectivity index (χ0v) is 12.7. The predicted molar refractivity (Wildman–Crippen MR) is 86.1 cm³/mol. The molecule has 0 fully saturated rings. The molecule has 0 aliphatic rings. The number of fused-ring (bicyclic) bond motifs is 1. The minimum absolute atomic E-state index is 0.794. The van der Waals surface area contributed by atoms with Crippen LogP contribution in [0.2, 0.25) is 0 Å². The monoisotopic (exact) mass is 330 g/mol. The van der Waals surface area contributed by atoms with E-state index < -0.39 is 0 Å². The lowest BCUT2D eigenvalue weighted by molar-refractivity contribution is 0.412. The number of benzene rings is 2. The SMILES string of the molecule is COc1ccc(Cn2ccc3cc(N)ccc32)cc1Br. The summed E-state index contributed by atoms with van der Waals surface area (Å²) in [5.74, 6) is 0.846. The molecule has 0 aliphatic heterocycles. The minimum Gasteiger partial charge on any atom is -0.496 e. The second-order valence-electron chi connectivity index (χ2n) is 4.73. The smallest absolute Gasteiger partial charge is 0.133 e. The maximum atomic E-state index is 5.81. The number of nitrogen functional groups attached to an aromatic ring is 1. The standard InChI is InChI=1S/C16H15BrN2O/c1-20-16-5-2-11(8-14(16)17)10-19-7-6-12-9-13(18)3-4-15(12)19/h2-9H,10,18H2,1H3. The van der Waals surface area contributed by atoms with Crippen molar-refractivity contribution in [3.05, 3.63) is 58.7 Å². The van der Waals surface area contributed by atoms with E-state index in [0.29, 0.717) is 0 Å². The predicted octanol–water partition coefficient (Wildman–Crippen LogP) is 4.04. The fourth-order valence-electron chi connectivity index (χ4n) is 2.36. The molecule has 0 aliphatic carbocycles. The van der Waals surface area contributed by atoms with Gasteiger partial charge in [-0.15, -0.1) is 0 Å². The van der Waals surface area contributed by atoms with Crippen LogP contribution in [0, 0.1) is 0 Å². The van der Waals surface area contributed by atoms with Gasteiger partial charge in [0.05, 0.1) is 11.6 Å². The molecule has 0 spiro atoms. The quantitative estimate of drug-likeness (QED) is 0.736. The van der Waals surface area contributed by atoms with Crippen LogP contribution in [0.15, 0.2) is 53.1 Å². The van der Waals surface area contributed by atoms with Crippen LogP contribution >= 0.6 is 15.9 Å². The molecule has 1 aromatic heterocycles. The van der Waals surface area contributed by atoms with Gasteiger partial charge in [0, 0.05) is 29.3 Å². The summed E-state index contributed by atoms with van der Waals surface area (Å²) in [6.45, 7) is 0.815. The lowest BCUT2D eigenvalue weighted by atomic mass is 10.2. The Morgan fingerprint density at radius 2 is 2.00 bits per heavy atom. The van der Waals surface area contributed by atoms with Gasteiger partial charge in [-0.2, -0.15) is 0 Å². The summed E-state index contributed by atoms with van der Waals surface area (Å²) >= 11 is 3.52. The summed E-state index contributed by atoms with van der Waals surface area (Å²) in [4.78, 5) is 0. The zero-order valence-electron chi connectivity index (χ0n) is 11.1. The lowest BCUT2D eigenvalue weighted by Crippen LogP contribution is -1.98. The maximum absolute atomic E-state index is 5.81. The minimum atomic E-state index is 0.794. The summed E-state index contributed by atoms with van der Waals surface area (Å²) in [5.41, 5.74) is 9.00. The van der Waals surface area contributed by atoms with Crippen molar-refractivity contribution >= 4 is 32.5 Å². The fraction of sp³-hybridized carbons (Fsp3) is 0.125. The summed E-state index contributed by atoms with van der Waals surface area (Å²) in [6.07, 6.45) is 2.09. The van der Waals surface area contributed by atoms with Gasteiger partial charge in [-0.1, -0.05) is 6.07 Å². The van der Waals surface area contributed by atoms with Crippen LogP contribution in [-0.2, 0) is 6.54 Å². The largest absolute Gasteiger partial charge is 0.496 e. The molecule has 2 aromatic carbocycles. The number of hydrogen-bond acceptors (Lipinski definition) is 2. The van der Waals surface area contributed by atoms with Crippen molar-refractivity contribution in [1.82, 2.24) is 4.57 Å². The van der Waals surface area contributed by atoms with Gasteiger partial charge in [-0.25, -0.2) is 0 Å². The van der Waals surface area contributed by atoms with Crippen molar-refractivity contribution in [3.63, 3.8) is 0 Å². The first kappa shape index (κ1) is 13.1. The molecule has 3 aromatic rings. The second-order valence-corrected chi connectivity index (χ2v) is 5.59. The third-order valence-electron chi connectivity index (χ3n) is 3.36. The lowest BCUT2D eigenvalue weighted by Gasteiger charge is -2.09. The number of ether oxygens (including phenoxy) is 1. The Labute approximate surface area is 126 Å². The molecule has 2 N–H and O–H groups in total. The van der Waals surface area contributed by atoms with Crippen molar-refractivity contribution < 1.29 is 4.74 Å². The summed E-state index contributed by atoms with van der Waals surface area (Å²) < 4.78 is 8.43. The highest BCUT2D eigenvalue weighted by atomic mass is 79.9. The molecule has 0 atom stereocenters. The van der Waals surface area contributed by atoms with Gasteiger partial charge in [0.2, 0.25) is 0 Å². The average Bonchev–Trinajstić information content (AvgIpc) is 2.81. The normalized spacial score (nSPS) is 10.9. The number of nitrogens with zero attached hydrogens (tertiary/aromatic N) is 1. The summed E-state index contributed by atoms with van der Waals surface area (Å²) in [6, 6.07) is 14.2. The Morgan fingerprint density at radius 3 is 2.75 bits per heavy atom. The van der Waals surface area contributed by atoms with Crippen LogP contribution < -0.4 is 10.5 Å². The van der Waals surface area contributed by atoms with Crippen LogP contribution in [0.3, 0.4) is 0 Å². The van der Waals surface area contributed by atoms with E-state index in [4.69, 9.17) is 10.5 Å². The molecule has 0 amide bonds. The van der Waals surface area contributed by atoms with Gasteiger partial charge in [0.15, 0.2) is 0 Å². The Kier molecular flexibility index (Phi) is 3.40. The fourth-order valence-corrected chi connectivity index (χ4v) is 2.95. The zero-order chi connectivity index (χ0) is 14.1. The van der Waals surface area contributed by atoms with Crippen LogP contribution in [0.5, 0.6) is 5.75 Å². The van der Waals surface area contributed by atoms with Gasteiger partial charge in [0.25, 0.3) is 0 Å². The summed E-state index contributed by atoms with van der Waals surface area (Å²) in [7, 11) is 1.67. The first-order valence-corrected chi connectivity index (χ1v) is 7.13. The number of hydrogen-bond donors (Lipinski definition) is 1. The highest BCUT2D eigenvalue weighted by Crippen LogP contribution is 2.27. The topological polar surface area (TPSA) is 40.2 Å². The number of nitrogens with two attached hydrogens (primary N) is 1. The van der Waals surface area contributed by atoms with E-state index in [0.717, 1.165) is 27.8 Å². The molecule has 0 radical (unpaired) electrons. The molecule has 1 heterocycles. The van der Waals surface area contributed by atoms with Crippen molar-refractivity contribution in [2.75, 3.05) is 12.8 Å². The van der Waals surface area contributed by atoms with E-state index in [1.165, 1.54) is 11.1 Å². The molecular weight excluding hydrogens is 316 g/mol. The van der Waals surface area contributed by atoms with Crippen LogP contribution in [-0.4, -0.2) is 11.7 Å². The molecule has 0 unspecified atom stereocenters. The van der Waals surface area contributed by atoms with E-state index in [9.17, 15) is 0 Å². The van der Waals surface area contributed by atoms with Gasteiger partial charge in [-0.3, -0.25) is 0 Å². The number of rotatable bonds is 3. The van der Waals surface area contributed by atoms with E-state index in [2.05, 4.69) is 51.0 Å². The van der Waals surface area contributed by atoms with Crippen molar-refractivity contribution in [3.8, 4) is 5.75 Å². The van der Waals surface area contributed by atoms with E-state index in [1.54, 1.807) is 7.11 Å². The highest BCUT2D eigenvalue weighted by molar-refractivity contribution is 9.10. The Bertz CT molecular complexity index is 764. The molecule has 0 bridgehead atoms. The summed E-state index contributed by atoms with van der Waals surface area (Å²) in [5, 5.41) is 1.16. The Hall–Kier alpha value is -1.94. The Morgan fingerprint density at radius 1 is 1.15 bits per heavy atom. The second kappa shape index (κ2) is 5.21. The average molecular weight is 331 g/mol. The first-order chi connectivity index (χ1) is 9.67. The van der Waals surface area contributed by atoms with Gasteiger partial charge in [-0.05, 0) is 57.9 Å². The molecular formula is C16H15BrN2O. The number of methoxy groups -OCH3 is 1. The molecule has 3 nitrogen and oxygen atoms in total. The molecule has 102 valence electrons. The van der Waals surface area contributed by atoms with Crippen LogP contribution in [0.4, 0.5) is 5.69 Å². The third-order valence-corrected chi connectivity index (χ3v) is 3.98. The van der Waals surface area contributed by atoms with E-state index >= 15 is 0 Å². The molecule has 20 heavy (non-hydrogen) atoms. The highest BCUT2D eigenvalue weighted by Gasteiger charge is 2.05. The van der Waals surface area contributed by atoms with Crippen molar-refractivity contribution in [1.29, 1.82) is 0 Å². The number of anilines is 1. The van der Waals surface area contributed by atoms with Crippen molar-refractivity contribution in [2.24, 2.45) is 0 Å². The molecule has 0 saturated heterocycles. The maximum Gasteiger partial charge on any atom is 0.133 e. The van der Waals surface area contributed by atoms with E-state index in [-0.39, 0.29) is 0 Å². The third kappa shape index (κ3) is 2.39. The Balaban J connectivity index is 1.95. The van der Waals surface area contributed by atoms with Crippen molar-refractivity contribution in [2.45, 2.75) is 6.54 Å². The number of aromatic nitrogens is 1. The number of halogens is 1. The van der Waals surface area contributed by atoms with Gasteiger partial charge in [0.1, 0.15) is 5.75 Å². The van der Waals surface area contributed by atoms with E-state index in [1.807, 2.05) is 18.2 Å². The van der Waals surface area contributed by atoms with Gasteiger partial charge < -0.3 is 15.0 Å². The van der Waals surface area contributed by atoms with Crippen LogP contribution in [0.1, 0.15) is 5.56 Å². The molecule has 4 heteroatoms.